The van der Waals surface area contributed by atoms with Gasteiger partial charge in [-0.05, 0) is 32.6 Å². The Balaban J connectivity index is 2.52. The van der Waals surface area contributed by atoms with E-state index in [1.807, 2.05) is 6.92 Å². The van der Waals surface area contributed by atoms with Crippen molar-refractivity contribution in [3.63, 3.8) is 0 Å². The van der Waals surface area contributed by atoms with Crippen molar-refractivity contribution < 1.29 is 23.1 Å². The number of nitrogens with one attached hydrogen (secondary N) is 1. The van der Waals surface area contributed by atoms with Crippen molar-refractivity contribution in [3.05, 3.63) is 0 Å². The lowest BCUT2D eigenvalue weighted by Crippen LogP contribution is -2.52. The summed E-state index contributed by atoms with van der Waals surface area (Å²) in [7, 11) is -3.72. The summed E-state index contributed by atoms with van der Waals surface area (Å²) >= 11 is 0. The van der Waals surface area contributed by atoms with Crippen LogP contribution >= 0.6 is 0 Å². The smallest absolute Gasteiger partial charge is 0.322 e. The van der Waals surface area contributed by atoms with Crippen LogP contribution in [0.2, 0.25) is 0 Å². The summed E-state index contributed by atoms with van der Waals surface area (Å²) in [5.41, 5.74) is 0. The van der Waals surface area contributed by atoms with Gasteiger partial charge < -0.3 is 9.84 Å². The molecule has 19 heavy (non-hydrogen) atoms. The van der Waals surface area contributed by atoms with E-state index in [1.54, 1.807) is 0 Å². The van der Waals surface area contributed by atoms with Crippen LogP contribution in [0.3, 0.4) is 0 Å². The second-order valence-corrected chi connectivity index (χ2v) is 6.12. The predicted octanol–water partition coefficient (Wildman–Crippen LogP) is 0.187. The molecule has 0 aromatic carbocycles. The molecule has 0 bridgehead atoms. The van der Waals surface area contributed by atoms with Crippen LogP contribution in [-0.2, 0) is 19.7 Å². The molecule has 0 radical (unpaired) electrons. The molecule has 0 aromatic rings. The summed E-state index contributed by atoms with van der Waals surface area (Å²) in [6.45, 7) is 3.47. The van der Waals surface area contributed by atoms with E-state index in [9.17, 15) is 13.2 Å². The van der Waals surface area contributed by atoms with Gasteiger partial charge in [0.2, 0.25) is 0 Å². The molecule has 1 aliphatic heterocycles. The number of nitrogens with zero attached hydrogens (tertiary/aromatic N) is 1. The molecule has 0 aromatic heterocycles. The number of aliphatic carboxylic acids is 1. The Morgan fingerprint density at radius 3 is 2.84 bits per heavy atom. The Bertz CT molecular complexity index is 385. The van der Waals surface area contributed by atoms with Gasteiger partial charge in [0.15, 0.2) is 0 Å². The van der Waals surface area contributed by atoms with Crippen molar-refractivity contribution in [1.29, 1.82) is 0 Å². The molecule has 1 aliphatic rings. The Labute approximate surface area is 114 Å². The molecule has 0 spiro atoms. The number of ether oxygens (including phenoxy) is 1. The molecular formula is C11H22N2O5S. The van der Waals surface area contributed by atoms with E-state index < -0.39 is 22.2 Å². The van der Waals surface area contributed by atoms with Crippen molar-refractivity contribution in [2.75, 3.05) is 26.3 Å². The molecule has 1 rings (SSSR count). The molecule has 1 heterocycles. The fourth-order valence-electron chi connectivity index (χ4n) is 2.04. The molecule has 0 aliphatic carbocycles. The maximum absolute atomic E-state index is 12.0. The van der Waals surface area contributed by atoms with Crippen molar-refractivity contribution in [3.8, 4) is 0 Å². The Kier molecular flexibility index (Phi) is 6.70. The van der Waals surface area contributed by atoms with Crippen LogP contribution in [0.25, 0.3) is 0 Å². The first kappa shape index (κ1) is 16.4. The van der Waals surface area contributed by atoms with E-state index in [4.69, 9.17) is 9.84 Å². The highest BCUT2D eigenvalue weighted by Gasteiger charge is 2.36. The van der Waals surface area contributed by atoms with Gasteiger partial charge in [-0.25, -0.2) is 4.72 Å². The average Bonchev–Trinajstić information content (AvgIpc) is 2.38. The Morgan fingerprint density at radius 2 is 2.21 bits per heavy atom. The van der Waals surface area contributed by atoms with Crippen LogP contribution in [-0.4, -0.2) is 56.1 Å². The third-order valence-corrected chi connectivity index (χ3v) is 4.62. The molecule has 1 fully saturated rings. The maximum Gasteiger partial charge on any atom is 0.322 e. The van der Waals surface area contributed by atoms with E-state index in [1.165, 1.54) is 0 Å². The molecule has 1 unspecified atom stereocenters. The molecule has 2 N–H and O–H groups in total. The molecular weight excluding hydrogens is 272 g/mol. The topological polar surface area (TPSA) is 95.9 Å². The predicted molar refractivity (Wildman–Crippen MR) is 70.0 cm³/mol. The van der Waals surface area contributed by atoms with Crippen molar-refractivity contribution in [1.82, 2.24) is 9.03 Å². The van der Waals surface area contributed by atoms with Gasteiger partial charge in [-0.3, -0.25) is 4.79 Å². The first-order valence-electron chi connectivity index (χ1n) is 6.56. The fraction of sp³-hybridized carbons (Fsp3) is 0.909. The van der Waals surface area contributed by atoms with E-state index >= 15 is 0 Å². The first-order chi connectivity index (χ1) is 8.99. The molecule has 1 saturated heterocycles. The zero-order chi connectivity index (χ0) is 14.3. The van der Waals surface area contributed by atoms with Crippen molar-refractivity contribution in [2.45, 2.75) is 38.6 Å². The standard InChI is InChI=1S/C11H22N2O5S/c1-2-18-9-5-7-12-19(16,17)13-8-4-3-6-10(13)11(14)15/h10,12H,2-9H2,1H3,(H,14,15). The number of hydrogen-bond acceptors (Lipinski definition) is 4. The molecule has 0 amide bonds. The summed E-state index contributed by atoms with van der Waals surface area (Å²) in [6, 6.07) is -0.946. The second kappa shape index (κ2) is 7.78. The SMILES string of the molecule is CCOCCCNS(=O)(=O)N1CCCCC1C(=O)O. The normalized spacial score (nSPS) is 21.4. The second-order valence-electron chi connectivity index (χ2n) is 4.41. The van der Waals surface area contributed by atoms with E-state index in [0.29, 0.717) is 32.5 Å². The minimum absolute atomic E-state index is 0.255. The van der Waals surface area contributed by atoms with Gasteiger partial charge in [0.1, 0.15) is 6.04 Å². The highest BCUT2D eigenvalue weighted by atomic mass is 32.2. The number of carboxylic acid groups (broad SMARTS) is 1. The monoisotopic (exact) mass is 294 g/mol. The lowest BCUT2D eigenvalue weighted by Gasteiger charge is -2.31. The zero-order valence-corrected chi connectivity index (χ0v) is 12.0. The summed E-state index contributed by atoms with van der Waals surface area (Å²) in [5.74, 6) is -1.08. The molecule has 8 heteroatoms. The lowest BCUT2D eigenvalue weighted by atomic mass is 10.1. The van der Waals surface area contributed by atoms with Gasteiger partial charge in [-0.15, -0.1) is 0 Å². The van der Waals surface area contributed by atoms with E-state index in [-0.39, 0.29) is 13.1 Å². The minimum atomic E-state index is -3.72. The third-order valence-electron chi connectivity index (χ3n) is 3.00. The van der Waals surface area contributed by atoms with E-state index in [2.05, 4.69) is 4.72 Å². The van der Waals surface area contributed by atoms with Gasteiger partial charge in [-0.1, -0.05) is 0 Å². The van der Waals surface area contributed by atoms with Crippen molar-refractivity contribution in [2.24, 2.45) is 0 Å². The first-order valence-corrected chi connectivity index (χ1v) is 8.00. The summed E-state index contributed by atoms with van der Waals surface area (Å²) in [6.07, 6.45) is 2.38. The van der Waals surface area contributed by atoms with E-state index in [0.717, 1.165) is 10.7 Å². The number of carbonyl (C=O) groups is 1. The van der Waals surface area contributed by atoms with Crippen molar-refractivity contribution >= 4 is 16.2 Å². The van der Waals surface area contributed by atoms with Crippen LogP contribution in [0.4, 0.5) is 0 Å². The number of carboxylic acids is 1. The quantitative estimate of drug-likeness (QED) is 0.623. The highest BCUT2D eigenvalue weighted by Crippen LogP contribution is 2.19. The average molecular weight is 294 g/mol. The van der Waals surface area contributed by atoms with Crippen LogP contribution in [0.1, 0.15) is 32.6 Å². The van der Waals surface area contributed by atoms with Gasteiger partial charge in [0.05, 0.1) is 0 Å². The summed E-state index contributed by atoms with van der Waals surface area (Å²) < 4.78 is 32.7. The van der Waals surface area contributed by atoms with Crippen LogP contribution in [0, 0.1) is 0 Å². The van der Waals surface area contributed by atoms with Crippen LogP contribution in [0.15, 0.2) is 0 Å². The molecule has 1 atom stereocenters. The molecule has 7 nitrogen and oxygen atoms in total. The van der Waals surface area contributed by atoms with Crippen LogP contribution < -0.4 is 4.72 Å². The van der Waals surface area contributed by atoms with Gasteiger partial charge in [0, 0.05) is 26.3 Å². The highest BCUT2D eigenvalue weighted by molar-refractivity contribution is 7.87. The van der Waals surface area contributed by atoms with Gasteiger partial charge in [0.25, 0.3) is 10.2 Å². The van der Waals surface area contributed by atoms with Gasteiger partial charge in [-0.2, -0.15) is 12.7 Å². The Morgan fingerprint density at radius 1 is 1.47 bits per heavy atom. The largest absolute Gasteiger partial charge is 0.480 e. The number of rotatable bonds is 8. The summed E-state index contributed by atoms with van der Waals surface area (Å²) in [4.78, 5) is 11.1. The number of piperidine rings is 1. The zero-order valence-electron chi connectivity index (χ0n) is 11.2. The molecule has 0 saturated carbocycles. The minimum Gasteiger partial charge on any atom is -0.480 e. The van der Waals surface area contributed by atoms with Gasteiger partial charge >= 0.3 is 5.97 Å². The summed E-state index contributed by atoms with van der Waals surface area (Å²) in [5, 5.41) is 9.06. The van der Waals surface area contributed by atoms with Crippen LogP contribution in [0.5, 0.6) is 0 Å². The fourth-order valence-corrected chi connectivity index (χ4v) is 3.51. The maximum atomic E-state index is 12.0. The third kappa shape index (κ3) is 5.06. The lowest BCUT2D eigenvalue weighted by molar-refractivity contribution is -0.142. The molecule has 112 valence electrons. The Hall–Kier alpha value is -0.700. The number of hydrogen-bond donors (Lipinski definition) is 2.